The lowest BCUT2D eigenvalue weighted by Crippen LogP contribution is -2.23. The van der Waals surface area contributed by atoms with Crippen molar-refractivity contribution in [2.24, 2.45) is 0 Å². The maximum Gasteiger partial charge on any atom is 0.338 e. The Hall–Kier alpha value is -3.83. The van der Waals surface area contributed by atoms with E-state index in [2.05, 4.69) is 10.0 Å². The molecule has 10 nitrogen and oxygen atoms in total. The number of amides is 1. The Morgan fingerprint density at radius 1 is 0.970 bits per heavy atom. The second kappa shape index (κ2) is 10.7. The molecule has 1 aromatic heterocycles. The molecule has 0 radical (unpaired) electrons. The van der Waals surface area contributed by atoms with Gasteiger partial charge in [0.05, 0.1) is 37.5 Å². The number of methoxy groups -OCH3 is 2. The number of carbonyl (C=O) groups is 2. The van der Waals surface area contributed by atoms with E-state index in [1.165, 1.54) is 44.7 Å². The molecule has 3 rings (SSSR count). The van der Waals surface area contributed by atoms with E-state index in [-0.39, 0.29) is 17.0 Å². The molecule has 11 heteroatoms. The van der Waals surface area contributed by atoms with Crippen LogP contribution in [0, 0.1) is 0 Å². The summed E-state index contributed by atoms with van der Waals surface area (Å²) in [5.74, 6) is 0.0796. The molecule has 3 aromatic rings. The van der Waals surface area contributed by atoms with Gasteiger partial charge in [-0.25, -0.2) is 17.9 Å². The number of furan rings is 1. The van der Waals surface area contributed by atoms with Crippen molar-refractivity contribution in [3.63, 3.8) is 0 Å². The van der Waals surface area contributed by atoms with E-state index in [9.17, 15) is 18.0 Å². The molecule has 1 amide bonds. The molecule has 0 saturated heterocycles. The average Bonchev–Trinajstić information content (AvgIpc) is 3.35. The van der Waals surface area contributed by atoms with Crippen LogP contribution in [0.15, 0.2) is 70.2 Å². The first-order valence-corrected chi connectivity index (χ1v) is 11.1. The highest BCUT2D eigenvalue weighted by atomic mass is 32.2. The van der Waals surface area contributed by atoms with Gasteiger partial charge in [-0.15, -0.1) is 0 Å². The van der Waals surface area contributed by atoms with E-state index < -0.39 is 28.5 Å². The van der Waals surface area contributed by atoms with Gasteiger partial charge in [-0.3, -0.25) is 4.79 Å². The molecule has 0 spiro atoms. The van der Waals surface area contributed by atoms with Crippen LogP contribution in [-0.4, -0.2) is 41.1 Å². The van der Waals surface area contributed by atoms with Crippen molar-refractivity contribution in [1.29, 1.82) is 0 Å². The summed E-state index contributed by atoms with van der Waals surface area (Å²) in [4.78, 5) is 24.3. The third-order valence-electron chi connectivity index (χ3n) is 4.39. The zero-order valence-corrected chi connectivity index (χ0v) is 18.7. The highest BCUT2D eigenvalue weighted by Crippen LogP contribution is 2.25. The number of carbonyl (C=O) groups excluding carboxylic acids is 2. The van der Waals surface area contributed by atoms with Gasteiger partial charge < -0.3 is 23.9 Å². The van der Waals surface area contributed by atoms with Gasteiger partial charge in [0.25, 0.3) is 5.91 Å². The van der Waals surface area contributed by atoms with E-state index in [0.717, 1.165) is 0 Å². The summed E-state index contributed by atoms with van der Waals surface area (Å²) in [6, 6.07) is 13.2. The zero-order chi connectivity index (χ0) is 23.8. The van der Waals surface area contributed by atoms with E-state index in [1.807, 2.05) is 0 Å². The molecule has 0 unspecified atom stereocenters. The fourth-order valence-electron chi connectivity index (χ4n) is 2.72. The minimum atomic E-state index is -3.80. The van der Waals surface area contributed by atoms with Crippen molar-refractivity contribution in [1.82, 2.24) is 4.72 Å². The molecule has 1 heterocycles. The summed E-state index contributed by atoms with van der Waals surface area (Å²) in [6.45, 7) is -0.545. The first kappa shape index (κ1) is 23.8. The molecular weight excluding hydrogens is 452 g/mol. The van der Waals surface area contributed by atoms with Crippen molar-refractivity contribution in [3.05, 3.63) is 72.2 Å². The van der Waals surface area contributed by atoms with Crippen molar-refractivity contribution in [2.75, 3.05) is 26.1 Å². The fraction of sp³-hybridized carbons (Fsp3) is 0.182. The Labute approximate surface area is 190 Å². The molecule has 0 saturated carbocycles. The SMILES string of the molecule is COc1cc(NC(=O)COC(=O)c2ccc(S(=O)(=O)NCc3ccco3)cc2)cc(OC)c1. The van der Waals surface area contributed by atoms with Crippen LogP contribution >= 0.6 is 0 Å². The van der Waals surface area contributed by atoms with Gasteiger partial charge in [0.1, 0.15) is 17.3 Å². The fourth-order valence-corrected chi connectivity index (χ4v) is 3.72. The van der Waals surface area contributed by atoms with Crippen LogP contribution < -0.4 is 19.5 Å². The van der Waals surface area contributed by atoms with E-state index in [1.54, 1.807) is 30.3 Å². The van der Waals surface area contributed by atoms with E-state index >= 15 is 0 Å². The second-order valence-corrected chi connectivity index (χ2v) is 8.42. The maximum atomic E-state index is 12.3. The number of rotatable bonds is 10. The highest BCUT2D eigenvalue weighted by Gasteiger charge is 2.17. The monoisotopic (exact) mass is 474 g/mol. The number of hydrogen-bond acceptors (Lipinski definition) is 8. The lowest BCUT2D eigenvalue weighted by molar-refractivity contribution is -0.119. The second-order valence-electron chi connectivity index (χ2n) is 6.65. The Morgan fingerprint density at radius 2 is 1.64 bits per heavy atom. The summed E-state index contributed by atoms with van der Waals surface area (Å²) in [7, 11) is -0.837. The molecule has 0 bridgehead atoms. The predicted octanol–water partition coefficient (Wildman–Crippen LogP) is 2.57. The lowest BCUT2D eigenvalue weighted by atomic mass is 10.2. The smallest absolute Gasteiger partial charge is 0.338 e. The van der Waals surface area contributed by atoms with E-state index in [4.69, 9.17) is 18.6 Å². The highest BCUT2D eigenvalue weighted by molar-refractivity contribution is 7.89. The third kappa shape index (κ3) is 6.57. The van der Waals surface area contributed by atoms with Crippen molar-refractivity contribution in [3.8, 4) is 11.5 Å². The number of sulfonamides is 1. The van der Waals surface area contributed by atoms with Gasteiger partial charge in [0.15, 0.2) is 6.61 Å². The van der Waals surface area contributed by atoms with Gasteiger partial charge in [0, 0.05) is 23.9 Å². The van der Waals surface area contributed by atoms with Crippen LogP contribution in [0.25, 0.3) is 0 Å². The summed E-state index contributed by atoms with van der Waals surface area (Å²) < 4.78 is 47.5. The molecule has 174 valence electrons. The van der Waals surface area contributed by atoms with Crippen LogP contribution in [-0.2, 0) is 26.1 Å². The molecule has 0 aliphatic heterocycles. The van der Waals surface area contributed by atoms with Gasteiger partial charge in [0.2, 0.25) is 10.0 Å². The minimum Gasteiger partial charge on any atom is -0.497 e. The summed E-state index contributed by atoms with van der Waals surface area (Å²) in [6.07, 6.45) is 1.44. The molecule has 0 aliphatic carbocycles. The summed E-state index contributed by atoms with van der Waals surface area (Å²) in [5.41, 5.74) is 0.500. The first-order chi connectivity index (χ1) is 15.8. The zero-order valence-electron chi connectivity index (χ0n) is 17.9. The van der Waals surface area contributed by atoms with Crippen LogP contribution in [0.2, 0.25) is 0 Å². The Balaban J connectivity index is 1.54. The van der Waals surface area contributed by atoms with Crippen molar-refractivity contribution < 1.29 is 36.6 Å². The molecule has 2 aromatic carbocycles. The molecule has 0 atom stereocenters. The number of esters is 1. The number of ether oxygens (including phenoxy) is 3. The maximum absolute atomic E-state index is 12.3. The molecule has 33 heavy (non-hydrogen) atoms. The standard InChI is InChI=1S/C22H22N2O8S/c1-29-18-10-16(11-19(12-18)30-2)24-21(25)14-32-22(26)15-5-7-20(8-6-15)33(27,28)23-13-17-4-3-9-31-17/h3-12,23H,13-14H2,1-2H3,(H,24,25). The van der Waals surface area contributed by atoms with E-state index in [0.29, 0.717) is 22.9 Å². The minimum absolute atomic E-state index is 0.00655. The molecule has 0 fully saturated rings. The number of nitrogens with one attached hydrogen (secondary N) is 2. The Kier molecular flexibility index (Phi) is 7.70. The number of hydrogen-bond donors (Lipinski definition) is 2. The van der Waals surface area contributed by atoms with Crippen LogP contribution in [0.5, 0.6) is 11.5 Å². The van der Waals surface area contributed by atoms with Crippen molar-refractivity contribution in [2.45, 2.75) is 11.4 Å². The van der Waals surface area contributed by atoms with Crippen LogP contribution in [0.1, 0.15) is 16.1 Å². The first-order valence-electron chi connectivity index (χ1n) is 9.63. The Morgan fingerprint density at radius 3 is 2.21 bits per heavy atom. The Bertz CT molecular complexity index is 1180. The number of benzene rings is 2. The van der Waals surface area contributed by atoms with Gasteiger partial charge in [-0.05, 0) is 36.4 Å². The average molecular weight is 474 g/mol. The molecule has 0 aliphatic rings. The topological polar surface area (TPSA) is 133 Å². The molecular formula is C22H22N2O8S. The normalized spacial score (nSPS) is 11.0. The molecule has 2 N–H and O–H groups in total. The quantitative estimate of drug-likeness (QED) is 0.429. The van der Waals surface area contributed by atoms with Crippen LogP contribution in [0.3, 0.4) is 0 Å². The summed E-state index contributed by atoms with van der Waals surface area (Å²) >= 11 is 0. The largest absolute Gasteiger partial charge is 0.497 e. The van der Waals surface area contributed by atoms with Crippen LogP contribution in [0.4, 0.5) is 5.69 Å². The van der Waals surface area contributed by atoms with Gasteiger partial charge >= 0.3 is 5.97 Å². The summed E-state index contributed by atoms with van der Waals surface area (Å²) in [5, 5.41) is 2.58. The number of anilines is 1. The van der Waals surface area contributed by atoms with Gasteiger partial charge in [-0.2, -0.15) is 0 Å². The lowest BCUT2D eigenvalue weighted by Gasteiger charge is -2.10. The third-order valence-corrected chi connectivity index (χ3v) is 5.80. The van der Waals surface area contributed by atoms with Crippen molar-refractivity contribution >= 4 is 27.6 Å². The van der Waals surface area contributed by atoms with Gasteiger partial charge in [-0.1, -0.05) is 0 Å². The predicted molar refractivity (Wildman–Crippen MR) is 118 cm³/mol.